The highest BCUT2D eigenvalue weighted by Crippen LogP contribution is 2.28. The SMILES string of the molecule is COc1cc(/C=N\NC(=O)c2cc(Br)c[nH]2)ccc1OC(F)F. The lowest BCUT2D eigenvalue weighted by Crippen LogP contribution is -2.17. The van der Waals surface area contributed by atoms with Crippen molar-refractivity contribution < 1.29 is 23.0 Å². The molecule has 2 N–H and O–H groups in total. The third-order valence-corrected chi connectivity index (χ3v) is 3.13. The summed E-state index contributed by atoms with van der Waals surface area (Å²) in [4.78, 5) is 14.5. The molecule has 1 aromatic heterocycles. The van der Waals surface area contributed by atoms with Crippen LogP contribution in [-0.4, -0.2) is 30.8 Å². The summed E-state index contributed by atoms with van der Waals surface area (Å²) in [6, 6.07) is 5.89. The third kappa shape index (κ3) is 4.78. The quantitative estimate of drug-likeness (QED) is 0.590. The molecule has 0 unspecified atom stereocenters. The Morgan fingerprint density at radius 1 is 1.39 bits per heavy atom. The van der Waals surface area contributed by atoms with E-state index in [0.29, 0.717) is 11.3 Å². The second-order valence-corrected chi connectivity index (χ2v) is 5.14. The summed E-state index contributed by atoms with van der Waals surface area (Å²) in [5.41, 5.74) is 3.21. The smallest absolute Gasteiger partial charge is 0.387 e. The molecule has 2 rings (SSSR count). The summed E-state index contributed by atoms with van der Waals surface area (Å²) in [7, 11) is 1.33. The van der Waals surface area contributed by atoms with Crippen molar-refractivity contribution in [3.63, 3.8) is 0 Å². The van der Waals surface area contributed by atoms with E-state index in [9.17, 15) is 13.6 Å². The fourth-order valence-corrected chi connectivity index (χ4v) is 2.03. The zero-order valence-electron chi connectivity index (χ0n) is 11.8. The van der Waals surface area contributed by atoms with Crippen molar-refractivity contribution in [2.24, 2.45) is 5.10 Å². The van der Waals surface area contributed by atoms with Crippen LogP contribution in [0.25, 0.3) is 0 Å². The van der Waals surface area contributed by atoms with Crippen LogP contribution in [0.4, 0.5) is 8.78 Å². The van der Waals surface area contributed by atoms with E-state index in [2.05, 4.69) is 36.2 Å². The highest BCUT2D eigenvalue weighted by Gasteiger charge is 2.10. The molecule has 1 heterocycles. The number of halogens is 3. The molecule has 0 aliphatic carbocycles. The molecule has 0 atom stereocenters. The average Bonchev–Trinajstić information content (AvgIpc) is 2.94. The summed E-state index contributed by atoms with van der Waals surface area (Å²) in [6.45, 7) is -2.94. The van der Waals surface area contributed by atoms with Gasteiger partial charge >= 0.3 is 6.61 Å². The molecule has 6 nitrogen and oxygen atoms in total. The number of nitrogens with zero attached hydrogens (tertiary/aromatic N) is 1. The van der Waals surface area contributed by atoms with E-state index in [4.69, 9.17) is 4.74 Å². The summed E-state index contributed by atoms with van der Waals surface area (Å²) < 4.78 is 34.5. The van der Waals surface area contributed by atoms with Gasteiger partial charge in [-0.1, -0.05) is 0 Å². The number of carbonyl (C=O) groups excluding carboxylic acids is 1. The number of alkyl halides is 2. The standard InChI is InChI=1S/C14H12BrF2N3O3/c1-22-12-4-8(2-3-11(12)23-14(16)17)6-19-20-13(21)10-5-9(15)7-18-10/h2-7,14,18H,1H3,(H,20,21)/b19-6-. The van der Waals surface area contributed by atoms with Crippen molar-refractivity contribution in [2.75, 3.05) is 7.11 Å². The largest absolute Gasteiger partial charge is 0.493 e. The lowest BCUT2D eigenvalue weighted by atomic mass is 10.2. The predicted molar refractivity (Wildman–Crippen MR) is 83.2 cm³/mol. The molecule has 0 fully saturated rings. The molecular weight excluding hydrogens is 376 g/mol. The molecule has 23 heavy (non-hydrogen) atoms. The number of hydrogen-bond donors (Lipinski definition) is 2. The second-order valence-electron chi connectivity index (χ2n) is 4.22. The Morgan fingerprint density at radius 3 is 2.78 bits per heavy atom. The number of H-pyrrole nitrogens is 1. The lowest BCUT2D eigenvalue weighted by Gasteiger charge is -2.09. The molecule has 1 amide bonds. The van der Waals surface area contributed by atoms with Gasteiger partial charge in [-0.3, -0.25) is 4.79 Å². The van der Waals surface area contributed by atoms with Gasteiger partial charge < -0.3 is 14.5 Å². The minimum Gasteiger partial charge on any atom is -0.493 e. The number of benzene rings is 1. The molecule has 2 aromatic rings. The number of nitrogens with one attached hydrogen (secondary N) is 2. The Morgan fingerprint density at radius 2 is 2.17 bits per heavy atom. The van der Waals surface area contributed by atoms with Crippen LogP contribution < -0.4 is 14.9 Å². The van der Waals surface area contributed by atoms with Crippen LogP contribution in [0.1, 0.15) is 16.1 Å². The van der Waals surface area contributed by atoms with E-state index in [-0.39, 0.29) is 11.5 Å². The number of hydrogen-bond acceptors (Lipinski definition) is 4. The summed E-state index contributed by atoms with van der Waals surface area (Å²) in [5, 5.41) is 3.79. The molecule has 0 spiro atoms. The van der Waals surface area contributed by atoms with Crippen LogP contribution in [-0.2, 0) is 0 Å². The fraction of sp³-hybridized carbons (Fsp3) is 0.143. The van der Waals surface area contributed by atoms with Gasteiger partial charge in [-0.2, -0.15) is 13.9 Å². The Labute approximate surface area is 138 Å². The first-order valence-corrected chi connectivity index (χ1v) is 7.09. The first-order valence-electron chi connectivity index (χ1n) is 6.29. The predicted octanol–water partition coefficient (Wildman–Crippen LogP) is 3.15. The maximum absolute atomic E-state index is 12.2. The molecule has 0 bridgehead atoms. The van der Waals surface area contributed by atoms with Crippen LogP contribution in [0.15, 0.2) is 40.0 Å². The molecule has 9 heteroatoms. The number of amides is 1. The van der Waals surface area contributed by atoms with Crippen LogP contribution >= 0.6 is 15.9 Å². The number of ether oxygens (including phenoxy) is 2. The van der Waals surface area contributed by atoms with Gasteiger partial charge in [0.05, 0.1) is 13.3 Å². The molecule has 122 valence electrons. The lowest BCUT2D eigenvalue weighted by molar-refractivity contribution is -0.0512. The van der Waals surface area contributed by atoms with Gasteiger partial charge in [-0.05, 0) is 45.8 Å². The number of aromatic nitrogens is 1. The third-order valence-electron chi connectivity index (χ3n) is 2.68. The summed E-state index contributed by atoms with van der Waals surface area (Å²) >= 11 is 3.22. The number of hydrazone groups is 1. The van der Waals surface area contributed by atoms with Crippen molar-refractivity contribution in [1.82, 2.24) is 10.4 Å². The molecule has 0 saturated carbocycles. The van der Waals surface area contributed by atoms with Gasteiger partial charge in [0.2, 0.25) is 0 Å². The van der Waals surface area contributed by atoms with Gasteiger partial charge in [-0.15, -0.1) is 0 Å². The van der Waals surface area contributed by atoms with Crippen LogP contribution in [0.5, 0.6) is 11.5 Å². The van der Waals surface area contributed by atoms with Crippen molar-refractivity contribution in [1.29, 1.82) is 0 Å². The molecule has 0 saturated heterocycles. The Balaban J connectivity index is 2.03. The minimum absolute atomic E-state index is 0.0834. The van der Waals surface area contributed by atoms with Gasteiger partial charge in [0.1, 0.15) is 5.69 Å². The molecule has 0 aliphatic rings. The summed E-state index contributed by atoms with van der Waals surface area (Å²) in [5.74, 6) is -0.370. The first-order chi connectivity index (χ1) is 11.0. The van der Waals surface area contributed by atoms with Crippen LogP contribution in [0, 0.1) is 0 Å². The van der Waals surface area contributed by atoms with Crippen molar-refractivity contribution in [3.05, 3.63) is 46.2 Å². The monoisotopic (exact) mass is 387 g/mol. The van der Waals surface area contributed by atoms with E-state index in [1.54, 1.807) is 12.3 Å². The van der Waals surface area contributed by atoms with E-state index in [1.807, 2.05) is 0 Å². The Bertz CT molecular complexity index is 719. The molecule has 0 radical (unpaired) electrons. The zero-order chi connectivity index (χ0) is 16.8. The maximum atomic E-state index is 12.2. The van der Waals surface area contributed by atoms with E-state index in [0.717, 1.165) is 4.47 Å². The second kappa shape index (κ2) is 7.73. The number of aromatic amines is 1. The van der Waals surface area contributed by atoms with E-state index >= 15 is 0 Å². The Hall–Kier alpha value is -2.42. The van der Waals surface area contributed by atoms with Crippen molar-refractivity contribution >= 4 is 28.1 Å². The van der Waals surface area contributed by atoms with Crippen molar-refractivity contribution in [3.8, 4) is 11.5 Å². The van der Waals surface area contributed by atoms with Crippen LogP contribution in [0.2, 0.25) is 0 Å². The average molecular weight is 388 g/mol. The number of methoxy groups -OCH3 is 1. The van der Waals surface area contributed by atoms with E-state index in [1.165, 1.54) is 31.5 Å². The normalized spacial score (nSPS) is 11.0. The van der Waals surface area contributed by atoms with Crippen LogP contribution in [0.3, 0.4) is 0 Å². The maximum Gasteiger partial charge on any atom is 0.387 e. The van der Waals surface area contributed by atoms with Gasteiger partial charge in [0.25, 0.3) is 5.91 Å². The molecule has 0 aliphatic heterocycles. The van der Waals surface area contributed by atoms with Gasteiger partial charge in [0.15, 0.2) is 11.5 Å². The van der Waals surface area contributed by atoms with E-state index < -0.39 is 12.5 Å². The van der Waals surface area contributed by atoms with Gasteiger partial charge in [-0.25, -0.2) is 5.43 Å². The fourth-order valence-electron chi connectivity index (χ4n) is 1.68. The molecular formula is C14H12BrF2N3O3. The Kier molecular flexibility index (Phi) is 5.69. The summed E-state index contributed by atoms with van der Waals surface area (Å²) in [6.07, 6.45) is 2.97. The number of carbonyl (C=O) groups is 1. The first kappa shape index (κ1) is 16.9. The number of rotatable bonds is 6. The molecule has 1 aromatic carbocycles. The minimum atomic E-state index is -2.94. The highest BCUT2D eigenvalue weighted by molar-refractivity contribution is 9.10. The topological polar surface area (TPSA) is 75.7 Å². The zero-order valence-corrected chi connectivity index (χ0v) is 13.4. The van der Waals surface area contributed by atoms with Gasteiger partial charge in [0, 0.05) is 10.7 Å². The van der Waals surface area contributed by atoms with Crippen molar-refractivity contribution in [2.45, 2.75) is 6.61 Å². The highest BCUT2D eigenvalue weighted by atomic mass is 79.9.